The van der Waals surface area contributed by atoms with Gasteiger partial charge in [-0.05, 0) is 35.2 Å². The number of aromatic nitrogens is 2. The first-order chi connectivity index (χ1) is 16.2. The second-order valence-electron chi connectivity index (χ2n) is 7.41. The Labute approximate surface area is 192 Å². The number of amides is 1. The van der Waals surface area contributed by atoms with Gasteiger partial charge in [0, 0.05) is 0 Å². The normalized spacial score (nSPS) is 10.6. The molecule has 0 bridgehead atoms. The van der Waals surface area contributed by atoms with E-state index in [0.29, 0.717) is 5.75 Å². The fourth-order valence-corrected chi connectivity index (χ4v) is 3.44. The molecule has 1 aromatic heterocycles. The Hall–Kier alpha value is -4.39. The number of ether oxygens (including phenoxy) is 1. The molecule has 0 atom stereocenters. The third-order valence-corrected chi connectivity index (χ3v) is 5.23. The number of hydrogen-bond acceptors (Lipinski definition) is 6. The van der Waals surface area contributed by atoms with Gasteiger partial charge in [0.1, 0.15) is 17.8 Å². The van der Waals surface area contributed by atoms with Gasteiger partial charge in [-0.15, -0.1) is 0 Å². The van der Waals surface area contributed by atoms with Gasteiger partial charge in [0.05, 0.1) is 5.92 Å². The zero-order valence-electron chi connectivity index (χ0n) is 18.2. The average Bonchev–Trinajstić information content (AvgIpc) is 2.86. The monoisotopic (exact) mass is 439 g/mol. The average molecular weight is 440 g/mol. The van der Waals surface area contributed by atoms with E-state index in [1.807, 2.05) is 84.9 Å². The first-order valence-corrected chi connectivity index (χ1v) is 10.7. The highest BCUT2D eigenvalue weighted by Gasteiger charge is 2.23. The molecule has 0 saturated carbocycles. The Morgan fingerprint density at radius 3 is 2.09 bits per heavy atom. The summed E-state index contributed by atoms with van der Waals surface area (Å²) in [5, 5.41) is 0. The molecule has 4 aromatic rings. The summed E-state index contributed by atoms with van der Waals surface area (Å²) in [6.45, 7) is 2.09. The smallest absolute Gasteiger partial charge is 0.250 e. The summed E-state index contributed by atoms with van der Waals surface area (Å²) in [7, 11) is 0. The number of carbonyl (C=O) groups is 1. The topological polar surface area (TPSA) is 102 Å². The van der Waals surface area contributed by atoms with Gasteiger partial charge in [0.2, 0.25) is 11.8 Å². The molecule has 1 amide bonds. The van der Waals surface area contributed by atoms with E-state index in [0.717, 1.165) is 17.5 Å². The summed E-state index contributed by atoms with van der Waals surface area (Å²) in [5.74, 6) is 0.312. The number of nitrogens with one attached hydrogen (secondary N) is 2. The lowest BCUT2D eigenvalue weighted by molar-refractivity contribution is -0.121. The van der Waals surface area contributed by atoms with Gasteiger partial charge >= 0.3 is 0 Å². The predicted molar refractivity (Wildman–Crippen MR) is 129 cm³/mol. The molecule has 0 spiro atoms. The number of rotatable bonds is 8. The highest BCUT2D eigenvalue weighted by molar-refractivity contribution is 5.88. The van der Waals surface area contributed by atoms with Crippen molar-refractivity contribution in [3.8, 4) is 11.6 Å². The maximum atomic E-state index is 13.2. The lowest BCUT2D eigenvalue weighted by atomic mass is 9.91. The third-order valence-electron chi connectivity index (χ3n) is 5.23. The zero-order valence-corrected chi connectivity index (χ0v) is 18.2. The summed E-state index contributed by atoms with van der Waals surface area (Å²) in [5.41, 5.74) is 14.9. The van der Waals surface area contributed by atoms with E-state index in [2.05, 4.69) is 27.7 Å². The number of carbonyl (C=O) groups excluding carboxylic acids is 1. The Balaban J connectivity index is 1.50. The SMILES string of the molecule is CCc1ccc(Oc2ncnc(NNC(=O)C(c3ccccc3)c3ccccc3)c2N)cc1. The number of benzene rings is 3. The standard InChI is InChI=1S/C26H25N5O2/c1-2-18-13-15-21(16-14-18)33-26-23(27)24(28-17-29-26)30-31-25(32)22(19-9-5-3-6-10-19)20-11-7-4-8-12-20/h3-17,22H,2,27H2,1H3,(H,31,32)(H,28,29,30). The highest BCUT2D eigenvalue weighted by atomic mass is 16.5. The number of hydrogen-bond donors (Lipinski definition) is 3. The van der Waals surface area contributed by atoms with Crippen molar-refractivity contribution >= 4 is 17.4 Å². The fraction of sp³-hybridized carbons (Fsp3) is 0.115. The number of hydrazine groups is 1. The predicted octanol–water partition coefficient (Wildman–Crippen LogP) is 4.69. The van der Waals surface area contributed by atoms with Crippen LogP contribution in [0.4, 0.5) is 11.5 Å². The van der Waals surface area contributed by atoms with E-state index in [9.17, 15) is 4.79 Å². The van der Waals surface area contributed by atoms with Crippen LogP contribution in [0.15, 0.2) is 91.3 Å². The van der Waals surface area contributed by atoms with Gasteiger partial charge in [0.15, 0.2) is 5.82 Å². The minimum absolute atomic E-state index is 0.188. The van der Waals surface area contributed by atoms with Crippen molar-refractivity contribution in [3.05, 3.63) is 108 Å². The van der Waals surface area contributed by atoms with Gasteiger partial charge in [-0.1, -0.05) is 79.7 Å². The third kappa shape index (κ3) is 5.27. The molecule has 0 aliphatic heterocycles. The van der Waals surface area contributed by atoms with Crippen molar-refractivity contribution in [2.24, 2.45) is 0 Å². The summed E-state index contributed by atoms with van der Waals surface area (Å²) in [6.07, 6.45) is 2.27. The fourth-order valence-electron chi connectivity index (χ4n) is 3.44. The molecule has 4 rings (SSSR count). The summed E-state index contributed by atoms with van der Waals surface area (Å²) >= 11 is 0. The van der Waals surface area contributed by atoms with Crippen LogP contribution < -0.4 is 21.3 Å². The second-order valence-corrected chi connectivity index (χ2v) is 7.41. The minimum atomic E-state index is -0.504. The number of nitrogen functional groups attached to an aromatic ring is 1. The number of nitrogens with two attached hydrogens (primary N) is 1. The van der Waals surface area contributed by atoms with Gasteiger partial charge < -0.3 is 10.5 Å². The second kappa shape index (κ2) is 10.3. The van der Waals surface area contributed by atoms with Crippen LogP contribution in [0.25, 0.3) is 0 Å². The quantitative estimate of drug-likeness (QED) is 0.344. The first-order valence-electron chi connectivity index (χ1n) is 10.7. The summed E-state index contributed by atoms with van der Waals surface area (Å²) in [6, 6.07) is 26.8. The van der Waals surface area contributed by atoms with Crippen LogP contribution >= 0.6 is 0 Å². The zero-order chi connectivity index (χ0) is 23.0. The summed E-state index contributed by atoms with van der Waals surface area (Å²) < 4.78 is 5.81. The van der Waals surface area contributed by atoms with Gasteiger partial charge in [-0.2, -0.15) is 4.98 Å². The van der Waals surface area contributed by atoms with Gasteiger partial charge in [0.25, 0.3) is 0 Å². The van der Waals surface area contributed by atoms with Crippen molar-refractivity contribution in [2.75, 3.05) is 11.2 Å². The van der Waals surface area contributed by atoms with Crippen molar-refractivity contribution in [3.63, 3.8) is 0 Å². The molecule has 7 heteroatoms. The lowest BCUT2D eigenvalue weighted by Crippen LogP contribution is -2.35. The molecule has 0 radical (unpaired) electrons. The van der Waals surface area contributed by atoms with Crippen molar-refractivity contribution in [1.29, 1.82) is 0 Å². The van der Waals surface area contributed by atoms with Gasteiger partial charge in [-0.3, -0.25) is 15.6 Å². The van der Waals surface area contributed by atoms with Crippen LogP contribution in [0.1, 0.15) is 29.5 Å². The molecule has 4 N–H and O–H groups in total. The van der Waals surface area contributed by atoms with Gasteiger partial charge in [-0.25, -0.2) is 4.98 Å². The van der Waals surface area contributed by atoms with E-state index in [4.69, 9.17) is 10.5 Å². The molecule has 1 heterocycles. The molecule has 0 fully saturated rings. The number of nitrogens with zero attached hydrogens (tertiary/aromatic N) is 2. The van der Waals surface area contributed by atoms with Crippen LogP contribution in [-0.2, 0) is 11.2 Å². The van der Waals surface area contributed by atoms with Crippen molar-refractivity contribution in [2.45, 2.75) is 19.3 Å². The highest BCUT2D eigenvalue weighted by Crippen LogP contribution is 2.29. The van der Waals surface area contributed by atoms with Crippen LogP contribution in [0.2, 0.25) is 0 Å². The van der Waals surface area contributed by atoms with E-state index in [1.54, 1.807) is 0 Å². The molecular weight excluding hydrogens is 414 g/mol. The van der Waals surface area contributed by atoms with Crippen molar-refractivity contribution in [1.82, 2.24) is 15.4 Å². The maximum absolute atomic E-state index is 13.2. The Kier molecular flexibility index (Phi) is 6.80. The Bertz CT molecular complexity index is 1160. The molecule has 3 aromatic carbocycles. The Morgan fingerprint density at radius 2 is 1.52 bits per heavy atom. The van der Waals surface area contributed by atoms with E-state index in [1.165, 1.54) is 11.9 Å². The van der Waals surface area contributed by atoms with Crippen LogP contribution in [-0.4, -0.2) is 15.9 Å². The molecule has 33 heavy (non-hydrogen) atoms. The van der Waals surface area contributed by atoms with Crippen molar-refractivity contribution < 1.29 is 9.53 Å². The molecule has 0 aliphatic carbocycles. The molecular formula is C26H25N5O2. The molecule has 166 valence electrons. The molecule has 0 saturated heterocycles. The van der Waals surface area contributed by atoms with E-state index in [-0.39, 0.29) is 23.3 Å². The summed E-state index contributed by atoms with van der Waals surface area (Å²) in [4.78, 5) is 21.4. The van der Waals surface area contributed by atoms with Crippen LogP contribution in [0, 0.1) is 0 Å². The minimum Gasteiger partial charge on any atom is -0.437 e. The number of anilines is 2. The molecule has 0 aliphatic rings. The molecule has 7 nitrogen and oxygen atoms in total. The maximum Gasteiger partial charge on any atom is 0.250 e. The van der Waals surface area contributed by atoms with Crippen LogP contribution in [0.5, 0.6) is 11.6 Å². The first kappa shape index (κ1) is 21.8. The van der Waals surface area contributed by atoms with E-state index >= 15 is 0 Å². The Morgan fingerprint density at radius 1 is 0.909 bits per heavy atom. The largest absolute Gasteiger partial charge is 0.437 e. The lowest BCUT2D eigenvalue weighted by Gasteiger charge is -2.19. The molecule has 0 unspecified atom stereocenters. The number of aryl methyl sites for hydroxylation is 1. The van der Waals surface area contributed by atoms with E-state index < -0.39 is 5.92 Å². The van der Waals surface area contributed by atoms with Crippen LogP contribution in [0.3, 0.4) is 0 Å².